The summed E-state index contributed by atoms with van der Waals surface area (Å²) in [4.78, 5) is 26.0. The zero-order valence-corrected chi connectivity index (χ0v) is 18.5. The van der Waals surface area contributed by atoms with Crippen molar-refractivity contribution in [3.8, 4) is 11.1 Å². The van der Waals surface area contributed by atoms with Crippen LogP contribution in [0, 0.1) is 0 Å². The molecule has 0 radical (unpaired) electrons. The Balaban J connectivity index is 1.87. The molecule has 2 rings (SSSR count). The van der Waals surface area contributed by atoms with Crippen molar-refractivity contribution < 1.29 is 9.59 Å². The summed E-state index contributed by atoms with van der Waals surface area (Å²) in [7, 11) is 4.11. The van der Waals surface area contributed by atoms with E-state index in [2.05, 4.69) is 65.3 Å². The van der Waals surface area contributed by atoms with E-state index < -0.39 is 0 Å². The third-order valence-electron chi connectivity index (χ3n) is 4.88. The van der Waals surface area contributed by atoms with Crippen LogP contribution in [0.3, 0.4) is 0 Å². The summed E-state index contributed by atoms with van der Waals surface area (Å²) in [5.41, 5.74) is 4.53. The highest BCUT2D eigenvalue weighted by Crippen LogP contribution is 2.24. The first-order valence-corrected chi connectivity index (χ1v) is 10.5. The Labute approximate surface area is 180 Å². The summed E-state index contributed by atoms with van der Waals surface area (Å²) in [5.74, 6) is -0.0484. The van der Waals surface area contributed by atoms with E-state index in [1.54, 1.807) is 0 Å². The average Bonchev–Trinajstić information content (AvgIpc) is 2.72. The Hall–Kier alpha value is -2.86. The Morgan fingerprint density at radius 3 is 2.37 bits per heavy atom. The summed E-state index contributed by atoms with van der Waals surface area (Å²) in [6.45, 7) is 5.61. The number of nitrogens with zero attached hydrogens (tertiary/aromatic N) is 1. The van der Waals surface area contributed by atoms with Gasteiger partial charge in [0.25, 0.3) is 0 Å². The fourth-order valence-electron chi connectivity index (χ4n) is 3.09. The molecule has 1 unspecified atom stereocenters. The highest BCUT2D eigenvalue weighted by atomic mass is 16.2. The Kier molecular flexibility index (Phi) is 9.35. The second-order valence-corrected chi connectivity index (χ2v) is 7.83. The predicted octanol–water partition coefficient (Wildman–Crippen LogP) is 3.52. The van der Waals surface area contributed by atoms with Gasteiger partial charge in [-0.15, -0.1) is 0 Å². The number of urea groups is 1. The highest BCUT2D eigenvalue weighted by molar-refractivity contribution is 5.78. The molecule has 162 valence electrons. The van der Waals surface area contributed by atoms with Crippen LogP contribution < -0.4 is 16.0 Å². The number of hydrogen-bond acceptors (Lipinski definition) is 3. The molecule has 30 heavy (non-hydrogen) atoms. The van der Waals surface area contributed by atoms with Crippen molar-refractivity contribution in [2.45, 2.75) is 45.8 Å². The van der Waals surface area contributed by atoms with Crippen LogP contribution in [0.2, 0.25) is 0 Å². The third-order valence-corrected chi connectivity index (χ3v) is 4.88. The van der Waals surface area contributed by atoms with Crippen molar-refractivity contribution in [1.82, 2.24) is 20.9 Å². The van der Waals surface area contributed by atoms with Crippen molar-refractivity contribution in [2.24, 2.45) is 0 Å². The average molecular weight is 411 g/mol. The van der Waals surface area contributed by atoms with Crippen LogP contribution in [0.4, 0.5) is 4.79 Å². The molecule has 0 aromatic heterocycles. The standard InChI is InChI=1S/C24H34N4O2/c1-5-18(2)27-23(29)14-15-25-24(30)26-16-21-8-6-7-9-22(21)20-12-10-19(11-13-20)17-28(3)4/h6-13,18H,5,14-17H2,1-4H3,(H,27,29)(H2,25,26,30). The van der Waals surface area contributed by atoms with Crippen molar-refractivity contribution >= 4 is 11.9 Å². The maximum Gasteiger partial charge on any atom is 0.315 e. The van der Waals surface area contributed by atoms with Crippen LogP contribution in [0.5, 0.6) is 0 Å². The maximum atomic E-state index is 12.1. The molecule has 2 aromatic rings. The van der Waals surface area contributed by atoms with Crippen LogP contribution >= 0.6 is 0 Å². The van der Waals surface area contributed by atoms with E-state index in [1.165, 1.54) is 5.56 Å². The highest BCUT2D eigenvalue weighted by Gasteiger charge is 2.09. The number of carbonyl (C=O) groups is 2. The monoisotopic (exact) mass is 410 g/mol. The van der Waals surface area contributed by atoms with Crippen LogP contribution in [0.15, 0.2) is 48.5 Å². The van der Waals surface area contributed by atoms with Gasteiger partial charge in [-0.2, -0.15) is 0 Å². The largest absolute Gasteiger partial charge is 0.354 e. The van der Waals surface area contributed by atoms with Gasteiger partial charge < -0.3 is 20.9 Å². The molecule has 0 fully saturated rings. The number of amides is 3. The van der Waals surface area contributed by atoms with E-state index in [9.17, 15) is 9.59 Å². The first-order chi connectivity index (χ1) is 14.4. The minimum Gasteiger partial charge on any atom is -0.354 e. The van der Waals surface area contributed by atoms with Gasteiger partial charge in [-0.1, -0.05) is 55.5 Å². The fourth-order valence-corrected chi connectivity index (χ4v) is 3.09. The van der Waals surface area contributed by atoms with Gasteiger partial charge >= 0.3 is 6.03 Å². The first-order valence-electron chi connectivity index (χ1n) is 10.5. The Morgan fingerprint density at radius 1 is 1.00 bits per heavy atom. The van der Waals surface area contributed by atoms with E-state index >= 15 is 0 Å². The van der Waals surface area contributed by atoms with E-state index in [0.717, 1.165) is 29.7 Å². The van der Waals surface area contributed by atoms with E-state index in [0.29, 0.717) is 13.1 Å². The normalized spacial score (nSPS) is 11.8. The minimum absolute atomic E-state index is 0.0484. The van der Waals surface area contributed by atoms with E-state index in [-0.39, 0.29) is 24.4 Å². The second kappa shape index (κ2) is 12.0. The molecule has 3 N–H and O–H groups in total. The molecule has 0 aliphatic rings. The smallest absolute Gasteiger partial charge is 0.315 e. The maximum absolute atomic E-state index is 12.1. The quantitative estimate of drug-likeness (QED) is 0.561. The molecule has 6 nitrogen and oxygen atoms in total. The summed E-state index contributed by atoms with van der Waals surface area (Å²) >= 11 is 0. The lowest BCUT2D eigenvalue weighted by molar-refractivity contribution is -0.121. The molecular weight excluding hydrogens is 376 g/mol. The van der Waals surface area contributed by atoms with E-state index in [1.807, 2.05) is 32.0 Å². The molecule has 1 atom stereocenters. The van der Waals surface area contributed by atoms with Gasteiger partial charge in [0, 0.05) is 32.1 Å². The summed E-state index contributed by atoms with van der Waals surface area (Å²) < 4.78 is 0. The zero-order valence-electron chi connectivity index (χ0n) is 18.5. The van der Waals surface area contributed by atoms with Gasteiger partial charge in [0.15, 0.2) is 0 Å². The van der Waals surface area contributed by atoms with Crippen LogP contribution in [0.1, 0.15) is 37.8 Å². The molecule has 0 bridgehead atoms. The lowest BCUT2D eigenvalue weighted by Crippen LogP contribution is -2.39. The molecule has 0 saturated heterocycles. The summed E-state index contributed by atoms with van der Waals surface area (Å²) in [6.07, 6.45) is 1.16. The zero-order chi connectivity index (χ0) is 21.9. The molecule has 6 heteroatoms. The Morgan fingerprint density at radius 2 is 1.70 bits per heavy atom. The van der Waals surface area contributed by atoms with Crippen molar-refractivity contribution in [3.05, 3.63) is 59.7 Å². The van der Waals surface area contributed by atoms with Gasteiger partial charge in [0.1, 0.15) is 0 Å². The number of hydrogen-bond donors (Lipinski definition) is 3. The van der Waals surface area contributed by atoms with Gasteiger partial charge in [0.2, 0.25) is 5.91 Å². The summed E-state index contributed by atoms with van der Waals surface area (Å²) in [5, 5.41) is 8.52. The minimum atomic E-state index is -0.275. The van der Waals surface area contributed by atoms with Gasteiger partial charge in [-0.3, -0.25) is 4.79 Å². The molecule has 0 aliphatic heterocycles. The number of carbonyl (C=O) groups excluding carboxylic acids is 2. The van der Waals surface area contributed by atoms with Gasteiger partial charge in [-0.05, 0) is 49.7 Å². The molecule has 0 aliphatic carbocycles. The van der Waals surface area contributed by atoms with Crippen molar-refractivity contribution in [2.75, 3.05) is 20.6 Å². The molecule has 0 spiro atoms. The lowest BCUT2D eigenvalue weighted by Gasteiger charge is -2.14. The van der Waals surface area contributed by atoms with Crippen molar-refractivity contribution in [1.29, 1.82) is 0 Å². The second-order valence-electron chi connectivity index (χ2n) is 7.83. The predicted molar refractivity (Wildman–Crippen MR) is 122 cm³/mol. The number of nitrogens with one attached hydrogen (secondary N) is 3. The lowest BCUT2D eigenvalue weighted by atomic mass is 9.98. The van der Waals surface area contributed by atoms with Crippen LogP contribution in [-0.4, -0.2) is 43.5 Å². The number of rotatable bonds is 10. The van der Waals surface area contributed by atoms with E-state index in [4.69, 9.17) is 0 Å². The van der Waals surface area contributed by atoms with Gasteiger partial charge in [-0.25, -0.2) is 4.79 Å². The fraction of sp³-hybridized carbons (Fsp3) is 0.417. The topological polar surface area (TPSA) is 73.5 Å². The molecule has 3 amide bonds. The molecular formula is C24H34N4O2. The molecule has 0 heterocycles. The number of benzene rings is 2. The van der Waals surface area contributed by atoms with Crippen molar-refractivity contribution in [3.63, 3.8) is 0 Å². The Bertz CT molecular complexity index is 818. The third kappa shape index (κ3) is 7.87. The van der Waals surface area contributed by atoms with Crippen LogP contribution in [0.25, 0.3) is 11.1 Å². The first kappa shape index (κ1) is 23.4. The summed E-state index contributed by atoms with van der Waals surface area (Å²) in [6, 6.07) is 16.4. The molecule has 2 aromatic carbocycles. The van der Waals surface area contributed by atoms with Crippen LogP contribution in [-0.2, 0) is 17.9 Å². The molecule has 0 saturated carbocycles. The SMILES string of the molecule is CCC(C)NC(=O)CCNC(=O)NCc1ccccc1-c1ccc(CN(C)C)cc1. The van der Waals surface area contributed by atoms with Gasteiger partial charge in [0.05, 0.1) is 0 Å².